The summed E-state index contributed by atoms with van der Waals surface area (Å²) < 4.78 is 4.94. The molecule has 1 aliphatic heterocycles. The highest BCUT2D eigenvalue weighted by molar-refractivity contribution is 5.90. The van der Waals surface area contributed by atoms with Gasteiger partial charge in [0.05, 0.1) is 12.2 Å². The molecule has 2 rings (SSSR count). The molecule has 0 saturated carbocycles. The van der Waals surface area contributed by atoms with E-state index in [-0.39, 0.29) is 5.97 Å². The summed E-state index contributed by atoms with van der Waals surface area (Å²) in [6, 6.07) is 5.62. The van der Waals surface area contributed by atoms with Gasteiger partial charge in [0.1, 0.15) is 0 Å². The van der Waals surface area contributed by atoms with E-state index in [1.807, 2.05) is 24.4 Å². The third-order valence-corrected chi connectivity index (χ3v) is 2.33. The van der Waals surface area contributed by atoms with E-state index in [4.69, 9.17) is 4.74 Å². The molecule has 3 nitrogen and oxygen atoms in total. The molecule has 0 bridgehead atoms. The third-order valence-electron chi connectivity index (χ3n) is 2.33. The van der Waals surface area contributed by atoms with Crippen molar-refractivity contribution in [1.29, 1.82) is 0 Å². The summed E-state index contributed by atoms with van der Waals surface area (Å²) in [7, 11) is 0. The lowest BCUT2D eigenvalue weighted by molar-refractivity contribution is 0.0526. The molecule has 1 aromatic carbocycles. The van der Waals surface area contributed by atoms with Gasteiger partial charge in [0.25, 0.3) is 0 Å². The molecule has 0 amide bonds. The number of ether oxygens (including phenoxy) is 1. The normalized spacial score (nSPS) is 12.9. The summed E-state index contributed by atoms with van der Waals surface area (Å²) in [5.74, 6) is -0.255. The van der Waals surface area contributed by atoms with E-state index >= 15 is 0 Å². The average Bonchev–Trinajstić information content (AvgIpc) is 2.29. The number of hydrogen-bond donors (Lipinski definition) is 1. The first-order valence-corrected chi connectivity index (χ1v) is 5.01. The molecule has 15 heavy (non-hydrogen) atoms. The Morgan fingerprint density at radius 3 is 3.20 bits per heavy atom. The van der Waals surface area contributed by atoms with Gasteiger partial charge in [-0.3, -0.25) is 0 Å². The van der Waals surface area contributed by atoms with Crippen molar-refractivity contribution in [3.63, 3.8) is 0 Å². The van der Waals surface area contributed by atoms with Crippen LogP contribution in [0.5, 0.6) is 0 Å². The SMILES string of the molecule is CCOC(=O)c1ccc2c(c1)CNC=C2. The lowest BCUT2D eigenvalue weighted by Gasteiger charge is -2.12. The quantitative estimate of drug-likeness (QED) is 0.746. The van der Waals surface area contributed by atoms with E-state index in [1.54, 1.807) is 13.0 Å². The van der Waals surface area contributed by atoms with Crippen LogP contribution in [0.3, 0.4) is 0 Å². The molecule has 1 heterocycles. The van der Waals surface area contributed by atoms with Crippen molar-refractivity contribution in [2.45, 2.75) is 13.5 Å². The molecule has 0 aromatic heterocycles. The van der Waals surface area contributed by atoms with Crippen LogP contribution in [0.2, 0.25) is 0 Å². The van der Waals surface area contributed by atoms with Crippen molar-refractivity contribution in [2.75, 3.05) is 6.61 Å². The number of rotatable bonds is 2. The Balaban J connectivity index is 2.28. The molecule has 78 valence electrons. The Morgan fingerprint density at radius 2 is 2.40 bits per heavy atom. The highest BCUT2D eigenvalue weighted by atomic mass is 16.5. The van der Waals surface area contributed by atoms with Crippen LogP contribution < -0.4 is 5.32 Å². The molecule has 0 fully saturated rings. The van der Waals surface area contributed by atoms with E-state index < -0.39 is 0 Å². The van der Waals surface area contributed by atoms with E-state index in [1.165, 1.54) is 0 Å². The molecule has 0 unspecified atom stereocenters. The van der Waals surface area contributed by atoms with Crippen molar-refractivity contribution in [3.05, 3.63) is 41.1 Å². The van der Waals surface area contributed by atoms with Gasteiger partial charge in [-0.1, -0.05) is 6.07 Å². The zero-order chi connectivity index (χ0) is 10.7. The van der Waals surface area contributed by atoms with Crippen LogP contribution in [0.1, 0.15) is 28.4 Å². The van der Waals surface area contributed by atoms with Crippen molar-refractivity contribution >= 4 is 12.0 Å². The molecule has 0 aliphatic carbocycles. The third kappa shape index (κ3) is 2.01. The molecule has 1 N–H and O–H groups in total. The van der Waals surface area contributed by atoms with Gasteiger partial charge in [0.2, 0.25) is 0 Å². The van der Waals surface area contributed by atoms with Crippen LogP contribution in [0.4, 0.5) is 0 Å². The second-order valence-corrected chi connectivity index (χ2v) is 3.35. The maximum atomic E-state index is 11.5. The second-order valence-electron chi connectivity index (χ2n) is 3.35. The number of hydrogen-bond acceptors (Lipinski definition) is 3. The molecule has 0 atom stereocenters. The second kappa shape index (κ2) is 4.17. The first-order valence-electron chi connectivity index (χ1n) is 5.01. The summed E-state index contributed by atoms with van der Waals surface area (Å²) in [6.07, 6.45) is 3.90. The molecular weight excluding hydrogens is 190 g/mol. The van der Waals surface area contributed by atoms with Crippen molar-refractivity contribution < 1.29 is 9.53 Å². The molecule has 0 radical (unpaired) electrons. The summed E-state index contributed by atoms with van der Waals surface area (Å²) >= 11 is 0. The molecule has 1 aromatic rings. The smallest absolute Gasteiger partial charge is 0.338 e. The van der Waals surface area contributed by atoms with Crippen molar-refractivity contribution in [2.24, 2.45) is 0 Å². The fourth-order valence-corrected chi connectivity index (χ4v) is 1.58. The number of esters is 1. The predicted molar refractivity (Wildman–Crippen MR) is 58.3 cm³/mol. The van der Waals surface area contributed by atoms with E-state index in [0.29, 0.717) is 12.2 Å². The fourth-order valence-electron chi connectivity index (χ4n) is 1.58. The standard InChI is InChI=1S/C12H13NO2/c1-2-15-12(14)10-4-3-9-5-6-13-8-11(9)7-10/h3-7,13H,2,8H2,1H3. The van der Waals surface area contributed by atoms with Crippen LogP contribution in [0, 0.1) is 0 Å². The highest BCUT2D eigenvalue weighted by Crippen LogP contribution is 2.17. The molecule has 3 heteroatoms. The highest BCUT2D eigenvalue weighted by Gasteiger charge is 2.10. The maximum absolute atomic E-state index is 11.5. The Kier molecular flexibility index (Phi) is 2.72. The van der Waals surface area contributed by atoms with Crippen LogP contribution in [0.15, 0.2) is 24.4 Å². The Hall–Kier alpha value is -1.77. The van der Waals surface area contributed by atoms with E-state index in [2.05, 4.69) is 5.32 Å². The van der Waals surface area contributed by atoms with Crippen molar-refractivity contribution in [1.82, 2.24) is 5.32 Å². The zero-order valence-electron chi connectivity index (χ0n) is 8.62. The predicted octanol–water partition coefficient (Wildman–Crippen LogP) is 1.94. The number of carbonyl (C=O) groups is 1. The van der Waals surface area contributed by atoms with Gasteiger partial charge in [-0.15, -0.1) is 0 Å². The Morgan fingerprint density at radius 1 is 1.53 bits per heavy atom. The summed E-state index contributed by atoms with van der Waals surface area (Å²) in [4.78, 5) is 11.5. The van der Waals surface area contributed by atoms with Crippen molar-refractivity contribution in [3.8, 4) is 0 Å². The number of fused-ring (bicyclic) bond motifs is 1. The minimum atomic E-state index is -0.255. The first kappa shape index (κ1) is 9.77. The van der Waals surface area contributed by atoms with Gasteiger partial charge in [-0.05, 0) is 42.5 Å². The van der Waals surface area contributed by atoms with Gasteiger partial charge in [0, 0.05) is 6.54 Å². The number of nitrogens with one attached hydrogen (secondary N) is 1. The first-order chi connectivity index (χ1) is 7.31. The lowest BCUT2D eigenvalue weighted by atomic mass is 10.0. The monoisotopic (exact) mass is 203 g/mol. The number of carbonyl (C=O) groups excluding carboxylic acids is 1. The molecule has 0 spiro atoms. The topological polar surface area (TPSA) is 38.3 Å². The fraction of sp³-hybridized carbons (Fsp3) is 0.250. The van der Waals surface area contributed by atoms with E-state index in [9.17, 15) is 4.79 Å². The summed E-state index contributed by atoms with van der Waals surface area (Å²) in [5.41, 5.74) is 2.90. The van der Waals surface area contributed by atoms with Crippen LogP contribution in [-0.4, -0.2) is 12.6 Å². The molecule has 0 saturated heterocycles. The number of benzene rings is 1. The largest absolute Gasteiger partial charge is 0.462 e. The van der Waals surface area contributed by atoms with Gasteiger partial charge >= 0.3 is 5.97 Å². The summed E-state index contributed by atoms with van der Waals surface area (Å²) in [5, 5.41) is 3.11. The van der Waals surface area contributed by atoms with E-state index in [0.717, 1.165) is 17.7 Å². The Bertz CT molecular complexity index is 410. The minimum Gasteiger partial charge on any atom is -0.462 e. The summed E-state index contributed by atoms with van der Waals surface area (Å²) in [6.45, 7) is 2.98. The van der Waals surface area contributed by atoms with Crippen LogP contribution in [-0.2, 0) is 11.3 Å². The minimum absolute atomic E-state index is 0.255. The van der Waals surface area contributed by atoms with Crippen LogP contribution in [0.25, 0.3) is 6.08 Å². The molecule has 1 aliphatic rings. The zero-order valence-corrected chi connectivity index (χ0v) is 8.62. The molecular formula is C12H13NO2. The van der Waals surface area contributed by atoms with Gasteiger partial charge in [0.15, 0.2) is 0 Å². The van der Waals surface area contributed by atoms with Crippen LogP contribution >= 0.6 is 0 Å². The maximum Gasteiger partial charge on any atom is 0.338 e. The lowest BCUT2D eigenvalue weighted by Crippen LogP contribution is -2.12. The van der Waals surface area contributed by atoms with Gasteiger partial charge < -0.3 is 10.1 Å². The Labute approximate surface area is 88.8 Å². The van der Waals surface area contributed by atoms with Gasteiger partial charge in [-0.25, -0.2) is 4.79 Å². The average molecular weight is 203 g/mol. The van der Waals surface area contributed by atoms with Gasteiger partial charge in [-0.2, -0.15) is 0 Å².